The van der Waals surface area contributed by atoms with Gasteiger partial charge in [-0.2, -0.15) is 0 Å². The number of hydrogen-bond donors (Lipinski definition) is 3. The molecule has 1 aliphatic carbocycles. The molecule has 0 radical (unpaired) electrons. The molecule has 0 unspecified atom stereocenters. The molecule has 0 saturated carbocycles. The van der Waals surface area contributed by atoms with Crippen LogP contribution in [0.3, 0.4) is 0 Å². The van der Waals surface area contributed by atoms with Crippen LogP contribution in [0.4, 0.5) is 10.5 Å². The molecule has 0 fully saturated rings. The first-order valence-electron chi connectivity index (χ1n) is 6.69. The van der Waals surface area contributed by atoms with Gasteiger partial charge >= 0.3 is 54.2 Å². The van der Waals surface area contributed by atoms with Crippen LogP contribution in [0.2, 0.25) is 0 Å². The van der Waals surface area contributed by atoms with Crippen molar-refractivity contribution in [2.75, 3.05) is 0 Å². The van der Waals surface area contributed by atoms with E-state index in [1.54, 1.807) is 41.5 Å². The predicted molar refractivity (Wildman–Crippen MR) is 81.7 cm³/mol. The molecule has 22 heavy (non-hydrogen) atoms. The third-order valence-electron chi connectivity index (χ3n) is 1.00. The fourth-order valence-electron chi connectivity index (χ4n) is 0.599. The van der Waals surface area contributed by atoms with Gasteiger partial charge in [0.25, 0.3) is 0 Å². The van der Waals surface area contributed by atoms with Crippen LogP contribution in [0.15, 0.2) is 16.6 Å². The standard InChI is InChI=1S/C5H4F3Ge.3C3H8O.Zr/c6-9(7,8)5-3-1-2-4-5;3*1-3(2)4;/h1,3H,2H2;3*3-4H,1-2H3;/q-1;;;;. The van der Waals surface area contributed by atoms with Crippen LogP contribution >= 0.6 is 0 Å². The second kappa shape index (κ2) is 17.9. The second-order valence-corrected chi connectivity index (χ2v) is 8.19. The maximum Gasteiger partial charge on any atom is 0 e. The van der Waals surface area contributed by atoms with Crippen molar-refractivity contribution in [3.05, 3.63) is 22.6 Å². The summed E-state index contributed by atoms with van der Waals surface area (Å²) in [5.74, 6) is 0. The van der Waals surface area contributed by atoms with E-state index in [0.29, 0.717) is 6.42 Å². The monoisotopic (exact) mass is 465 g/mol. The van der Waals surface area contributed by atoms with Gasteiger partial charge in [0.1, 0.15) is 0 Å². The third kappa shape index (κ3) is 42.8. The summed E-state index contributed by atoms with van der Waals surface area (Å²) in [4.78, 5) is 0. The Labute approximate surface area is 155 Å². The van der Waals surface area contributed by atoms with Gasteiger partial charge in [-0.3, -0.25) is 0 Å². The van der Waals surface area contributed by atoms with E-state index in [9.17, 15) is 10.5 Å². The molecule has 0 saturated heterocycles. The van der Waals surface area contributed by atoms with Crippen LogP contribution in [0.5, 0.6) is 0 Å². The molecule has 0 bridgehead atoms. The maximum absolute atomic E-state index is 11.8. The summed E-state index contributed by atoms with van der Waals surface area (Å²) in [5, 5.41) is 24.2. The molecule has 1 aliphatic rings. The van der Waals surface area contributed by atoms with E-state index >= 15 is 0 Å². The number of allylic oxidation sites excluding steroid dienone is 4. The van der Waals surface area contributed by atoms with Crippen molar-refractivity contribution < 1.29 is 52.0 Å². The summed E-state index contributed by atoms with van der Waals surface area (Å²) in [5.41, 5.74) is 0. The van der Waals surface area contributed by atoms with Crippen LogP contribution in [0, 0.1) is 6.08 Å². The van der Waals surface area contributed by atoms with E-state index in [1.807, 2.05) is 0 Å². The first-order chi connectivity index (χ1) is 9.30. The van der Waals surface area contributed by atoms with E-state index in [4.69, 9.17) is 15.3 Å². The number of aliphatic hydroxyl groups is 3. The van der Waals surface area contributed by atoms with Crippen LogP contribution in [0.25, 0.3) is 0 Å². The van der Waals surface area contributed by atoms with Gasteiger partial charge in [-0.15, -0.1) is 0 Å². The average Bonchev–Trinajstić information content (AvgIpc) is 2.64. The van der Waals surface area contributed by atoms with E-state index in [0.717, 1.165) is 6.08 Å². The van der Waals surface area contributed by atoms with Gasteiger partial charge < -0.3 is 15.3 Å². The third-order valence-corrected chi connectivity index (χ3v) is 3.00. The van der Waals surface area contributed by atoms with Crippen molar-refractivity contribution >= 4 is 14.7 Å². The van der Waals surface area contributed by atoms with Gasteiger partial charge in [0.15, 0.2) is 0 Å². The Morgan fingerprint density at radius 1 is 0.909 bits per heavy atom. The van der Waals surface area contributed by atoms with E-state index in [2.05, 4.69) is 6.08 Å². The summed E-state index contributed by atoms with van der Waals surface area (Å²) in [7, 11) is 0. The van der Waals surface area contributed by atoms with Crippen LogP contribution < -0.4 is 0 Å². The van der Waals surface area contributed by atoms with Crippen molar-refractivity contribution in [1.82, 2.24) is 0 Å². The van der Waals surface area contributed by atoms with Crippen molar-refractivity contribution in [3.8, 4) is 0 Å². The number of halogens is 3. The van der Waals surface area contributed by atoms with Crippen molar-refractivity contribution in [2.45, 2.75) is 66.3 Å². The Bertz CT molecular complexity index is 269. The summed E-state index contributed by atoms with van der Waals surface area (Å²) >= 11 is -5.96. The van der Waals surface area contributed by atoms with Gasteiger partial charge in [0.05, 0.1) is 0 Å². The minimum absolute atomic E-state index is 0. The maximum atomic E-state index is 11.8. The fraction of sp³-hybridized carbons (Fsp3) is 0.714. The fourth-order valence-corrected chi connectivity index (χ4v) is 1.88. The molecule has 3 nitrogen and oxygen atoms in total. The SMILES string of the molecule is CC(C)O.CC(C)O.CC(C)O.[F][Ge]([F])([F])[C]1=[C-]CC=C1.[Zr]. The molecule has 0 amide bonds. The quantitative estimate of drug-likeness (QED) is 0.412. The first-order valence-corrected chi connectivity index (χ1v) is 10.1. The first kappa shape index (κ1) is 30.5. The topological polar surface area (TPSA) is 60.7 Å². The molecule has 8 heteroatoms. The number of hydrogen-bond acceptors (Lipinski definition) is 3. The zero-order valence-electron chi connectivity index (χ0n) is 14.1. The summed E-state index contributed by atoms with van der Waals surface area (Å²) in [6.07, 6.45) is 4.70. The van der Waals surface area contributed by atoms with Gasteiger partial charge in [-0.05, 0) is 41.5 Å². The molecule has 3 N–H and O–H groups in total. The van der Waals surface area contributed by atoms with Crippen molar-refractivity contribution in [2.24, 2.45) is 0 Å². The molecule has 132 valence electrons. The molecule has 0 aromatic carbocycles. The van der Waals surface area contributed by atoms with E-state index < -0.39 is 19.1 Å². The Morgan fingerprint density at radius 2 is 1.18 bits per heavy atom. The summed E-state index contributed by atoms with van der Waals surface area (Å²) in [6.45, 7) is 10.3. The van der Waals surface area contributed by atoms with Gasteiger partial charge in [-0.1, -0.05) is 0 Å². The predicted octanol–water partition coefficient (Wildman–Crippen LogP) is 3.22. The van der Waals surface area contributed by atoms with Crippen LogP contribution in [-0.2, 0) is 26.2 Å². The van der Waals surface area contributed by atoms with Gasteiger partial charge in [0, 0.05) is 44.5 Å². The zero-order valence-corrected chi connectivity index (χ0v) is 18.6. The Balaban J connectivity index is -0.000000107. The van der Waals surface area contributed by atoms with Crippen molar-refractivity contribution in [1.29, 1.82) is 0 Å². The largest absolute Gasteiger partial charge is 0 e. The summed E-state index contributed by atoms with van der Waals surface area (Å²) in [6, 6.07) is 0. The minimum atomic E-state index is -5.96. The molecular weight excluding hydrogens is 437 g/mol. The molecule has 0 aliphatic heterocycles. The number of aliphatic hydroxyl groups excluding tert-OH is 3. The average molecular weight is 465 g/mol. The van der Waals surface area contributed by atoms with Crippen molar-refractivity contribution in [3.63, 3.8) is 0 Å². The Hall–Kier alpha value is 0.576. The molecule has 0 aromatic rings. The van der Waals surface area contributed by atoms with Crippen LogP contribution in [0.1, 0.15) is 48.0 Å². The van der Waals surface area contributed by atoms with E-state index in [1.165, 1.54) is 6.08 Å². The molecule has 0 spiro atoms. The van der Waals surface area contributed by atoms with E-state index in [-0.39, 0.29) is 44.5 Å². The Morgan fingerprint density at radius 3 is 1.27 bits per heavy atom. The normalized spacial score (nSPS) is 12.4. The smallest absolute Gasteiger partial charge is 0 e. The molecular formula is C14H28F3GeO3Zr-. The molecule has 0 atom stereocenters. The molecule has 0 heterocycles. The number of rotatable bonds is 1. The molecule has 1 rings (SSSR count). The Kier molecular flexibility index (Phi) is 24.8. The molecule has 0 aromatic heterocycles. The van der Waals surface area contributed by atoms with Gasteiger partial charge in [0.2, 0.25) is 0 Å². The van der Waals surface area contributed by atoms with Crippen LogP contribution in [-0.4, -0.2) is 48.3 Å². The minimum Gasteiger partial charge on any atom is 0 e. The zero-order chi connectivity index (χ0) is 17.6. The second-order valence-electron chi connectivity index (χ2n) is 4.98. The summed E-state index contributed by atoms with van der Waals surface area (Å²) < 4.78 is 34.9. The van der Waals surface area contributed by atoms with Gasteiger partial charge in [-0.25, -0.2) is 0 Å².